The lowest BCUT2D eigenvalue weighted by atomic mass is 10.0. The summed E-state index contributed by atoms with van der Waals surface area (Å²) in [5, 5.41) is 0. The molecule has 11 heavy (non-hydrogen) atoms. The monoisotopic (exact) mass is 150 g/mol. The van der Waals surface area contributed by atoms with E-state index < -0.39 is 0 Å². The normalized spacial score (nSPS) is 13.0. The number of nitrogens with zero attached hydrogens (tertiary/aromatic N) is 1. The van der Waals surface area contributed by atoms with Crippen LogP contribution in [0.2, 0.25) is 0 Å². The van der Waals surface area contributed by atoms with Crippen LogP contribution in [0, 0.1) is 6.92 Å². The highest BCUT2D eigenvalue weighted by molar-refractivity contribution is 5.21. The van der Waals surface area contributed by atoms with E-state index in [9.17, 15) is 0 Å². The second kappa shape index (κ2) is 3.49. The fraction of sp³-hybridized carbons (Fsp3) is 0.444. The van der Waals surface area contributed by atoms with Crippen molar-refractivity contribution >= 4 is 0 Å². The molecule has 0 aliphatic rings. The molecular formula is C9H14N2. The van der Waals surface area contributed by atoms with Gasteiger partial charge in [0.2, 0.25) is 0 Å². The summed E-state index contributed by atoms with van der Waals surface area (Å²) < 4.78 is 0. The molecule has 0 unspecified atom stereocenters. The van der Waals surface area contributed by atoms with E-state index in [0.29, 0.717) is 0 Å². The summed E-state index contributed by atoms with van der Waals surface area (Å²) in [5.41, 5.74) is 8.06. The summed E-state index contributed by atoms with van der Waals surface area (Å²) in [6.45, 7) is 4.07. The van der Waals surface area contributed by atoms with Crippen molar-refractivity contribution in [2.24, 2.45) is 5.73 Å². The second-order valence-electron chi connectivity index (χ2n) is 2.69. The van der Waals surface area contributed by atoms with Gasteiger partial charge in [-0.2, -0.15) is 0 Å². The summed E-state index contributed by atoms with van der Waals surface area (Å²) in [4.78, 5) is 4.17. The van der Waals surface area contributed by atoms with Gasteiger partial charge in [0.05, 0.1) is 0 Å². The molecule has 0 aromatic carbocycles. The molecule has 0 aliphatic heterocycles. The van der Waals surface area contributed by atoms with E-state index in [1.165, 1.54) is 0 Å². The third-order valence-corrected chi connectivity index (χ3v) is 1.89. The van der Waals surface area contributed by atoms with Gasteiger partial charge in [-0.15, -0.1) is 0 Å². The second-order valence-corrected chi connectivity index (χ2v) is 2.69. The molecule has 60 valence electrons. The third-order valence-electron chi connectivity index (χ3n) is 1.89. The first-order valence-electron chi connectivity index (χ1n) is 3.92. The Labute approximate surface area is 67.5 Å². The van der Waals surface area contributed by atoms with Crippen molar-refractivity contribution in [2.75, 3.05) is 0 Å². The maximum Gasteiger partial charge on any atom is 0.0420 e. The van der Waals surface area contributed by atoms with Crippen LogP contribution in [-0.4, -0.2) is 4.98 Å². The number of hydrogen-bond donors (Lipinski definition) is 1. The molecule has 1 rings (SSSR count). The summed E-state index contributed by atoms with van der Waals surface area (Å²) in [6.07, 6.45) is 2.76. The SMILES string of the molecule is CC[C@@H](N)c1cccnc1C. The van der Waals surface area contributed by atoms with Gasteiger partial charge in [0.25, 0.3) is 0 Å². The minimum absolute atomic E-state index is 0.142. The number of aromatic nitrogens is 1. The van der Waals surface area contributed by atoms with Gasteiger partial charge in [-0.05, 0) is 25.0 Å². The van der Waals surface area contributed by atoms with Gasteiger partial charge in [-0.1, -0.05) is 13.0 Å². The van der Waals surface area contributed by atoms with Crippen molar-refractivity contribution in [1.29, 1.82) is 0 Å². The minimum Gasteiger partial charge on any atom is -0.324 e. The molecule has 2 nitrogen and oxygen atoms in total. The first-order valence-corrected chi connectivity index (χ1v) is 3.92. The summed E-state index contributed by atoms with van der Waals surface area (Å²) >= 11 is 0. The lowest BCUT2D eigenvalue weighted by Crippen LogP contribution is -2.10. The fourth-order valence-electron chi connectivity index (χ4n) is 1.11. The lowest BCUT2D eigenvalue weighted by Gasteiger charge is -2.10. The zero-order chi connectivity index (χ0) is 8.27. The number of rotatable bonds is 2. The zero-order valence-electron chi connectivity index (χ0n) is 7.04. The Bertz CT molecular complexity index is 233. The van der Waals surface area contributed by atoms with Crippen LogP contribution in [0.5, 0.6) is 0 Å². The van der Waals surface area contributed by atoms with Crippen LogP contribution < -0.4 is 5.73 Å². The van der Waals surface area contributed by atoms with Crippen LogP contribution in [0.4, 0.5) is 0 Å². The van der Waals surface area contributed by atoms with E-state index in [1.54, 1.807) is 6.20 Å². The van der Waals surface area contributed by atoms with Crippen molar-refractivity contribution in [3.05, 3.63) is 29.6 Å². The molecule has 0 saturated heterocycles. The van der Waals surface area contributed by atoms with Gasteiger partial charge in [0.1, 0.15) is 0 Å². The Morgan fingerprint density at radius 3 is 2.91 bits per heavy atom. The van der Waals surface area contributed by atoms with Crippen molar-refractivity contribution in [3.8, 4) is 0 Å². The molecule has 0 spiro atoms. The first-order chi connectivity index (χ1) is 5.25. The van der Waals surface area contributed by atoms with E-state index >= 15 is 0 Å². The quantitative estimate of drug-likeness (QED) is 0.698. The third kappa shape index (κ3) is 1.77. The Morgan fingerprint density at radius 1 is 1.64 bits per heavy atom. The van der Waals surface area contributed by atoms with Crippen molar-refractivity contribution in [2.45, 2.75) is 26.3 Å². The molecule has 0 amide bonds. The predicted octanol–water partition coefficient (Wildman–Crippen LogP) is 1.80. The van der Waals surface area contributed by atoms with E-state index in [2.05, 4.69) is 11.9 Å². The predicted molar refractivity (Wildman–Crippen MR) is 46.2 cm³/mol. The molecule has 1 atom stereocenters. The molecule has 0 aliphatic carbocycles. The number of aryl methyl sites for hydroxylation is 1. The van der Waals surface area contributed by atoms with Gasteiger partial charge in [0.15, 0.2) is 0 Å². The summed E-state index contributed by atoms with van der Waals surface area (Å²) in [7, 11) is 0. The maximum atomic E-state index is 5.86. The first kappa shape index (κ1) is 8.21. The Kier molecular flexibility index (Phi) is 2.60. The molecule has 1 heterocycles. The van der Waals surface area contributed by atoms with Crippen molar-refractivity contribution in [3.63, 3.8) is 0 Å². The topological polar surface area (TPSA) is 38.9 Å². The number of hydrogen-bond acceptors (Lipinski definition) is 2. The molecule has 2 N–H and O–H groups in total. The Morgan fingerprint density at radius 2 is 2.36 bits per heavy atom. The van der Waals surface area contributed by atoms with Gasteiger partial charge < -0.3 is 5.73 Å². The average Bonchev–Trinajstić information content (AvgIpc) is 2.04. The zero-order valence-corrected chi connectivity index (χ0v) is 7.04. The molecular weight excluding hydrogens is 136 g/mol. The standard InChI is InChI=1S/C9H14N2/c1-3-9(10)8-5-4-6-11-7(8)2/h4-6,9H,3,10H2,1-2H3/t9-/m1/s1. The largest absolute Gasteiger partial charge is 0.324 e. The molecule has 2 heteroatoms. The van der Waals surface area contributed by atoms with Crippen molar-refractivity contribution < 1.29 is 0 Å². The van der Waals surface area contributed by atoms with Crippen LogP contribution in [0.25, 0.3) is 0 Å². The van der Waals surface area contributed by atoms with Crippen LogP contribution in [0.1, 0.15) is 30.6 Å². The van der Waals surface area contributed by atoms with Crippen LogP contribution in [-0.2, 0) is 0 Å². The molecule has 0 bridgehead atoms. The maximum absolute atomic E-state index is 5.86. The highest BCUT2D eigenvalue weighted by Gasteiger charge is 2.05. The molecule has 0 radical (unpaired) electrons. The van der Waals surface area contributed by atoms with E-state index in [1.807, 2.05) is 19.1 Å². The smallest absolute Gasteiger partial charge is 0.0420 e. The molecule has 0 saturated carbocycles. The van der Waals surface area contributed by atoms with E-state index in [0.717, 1.165) is 17.7 Å². The summed E-state index contributed by atoms with van der Waals surface area (Å²) in [5.74, 6) is 0. The molecule has 0 fully saturated rings. The molecule has 1 aromatic rings. The van der Waals surface area contributed by atoms with Crippen LogP contribution >= 0.6 is 0 Å². The molecule has 1 aromatic heterocycles. The van der Waals surface area contributed by atoms with E-state index in [4.69, 9.17) is 5.73 Å². The van der Waals surface area contributed by atoms with Gasteiger partial charge in [0, 0.05) is 17.9 Å². The fourth-order valence-corrected chi connectivity index (χ4v) is 1.11. The number of nitrogens with two attached hydrogens (primary N) is 1. The Balaban J connectivity index is 2.93. The van der Waals surface area contributed by atoms with Crippen molar-refractivity contribution in [1.82, 2.24) is 4.98 Å². The van der Waals surface area contributed by atoms with Gasteiger partial charge in [-0.25, -0.2) is 0 Å². The highest BCUT2D eigenvalue weighted by atomic mass is 14.7. The Hall–Kier alpha value is -0.890. The summed E-state index contributed by atoms with van der Waals surface area (Å²) in [6, 6.07) is 4.11. The minimum atomic E-state index is 0.142. The van der Waals surface area contributed by atoms with Crippen LogP contribution in [0.3, 0.4) is 0 Å². The van der Waals surface area contributed by atoms with E-state index in [-0.39, 0.29) is 6.04 Å². The van der Waals surface area contributed by atoms with Gasteiger partial charge >= 0.3 is 0 Å². The number of pyridine rings is 1. The average molecular weight is 150 g/mol. The lowest BCUT2D eigenvalue weighted by molar-refractivity contribution is 0.689. The van der Waals surface area contributed by atoms with Gasteiger partial charge in [-0.3, -0.25) is 4.98 Å². The highest BCUT2D eigenvalue weighted by Crippen LogP contribution is 2.14. The van der Waals surface area contributed by atoms with Crippen LogP contribution in [0.15, 0.2) is 18.3 Å².